The molecule has 2 aromatic carbocycles. The highest BCUT2D eigenvalue weighted by Crippen LogP contribution is 2.17. The summed E-state index contributed by atoms with van der Waals surface area (Å²) in [5.41, 5.74) is 1.02. The third-order valence-electron chi connectivity index (χ3n) is 4.75. The Balaban J connectivity index is 1.83. The number of carbonyl (C=O) groups excluding carboxylic acids is 1. The molecule has 2 N–H and O–H groups in total. The number of benzene rings is 2. The van der Waals surface area contributed by atoms with Crippen LogP contribution in [0, 0.1) is 0 Å². The average molecular weight is 478 g/mol. The lowest BCUT2D eigenvalue weighted by Gasteiger charge is -2.13. The molecule has 0 fully saturated rings. The van der Waals surface area contributed by atoms with Crippen molar-refractivity contribution in [2.45, 2.75) is 43.9 Å². The van der Waals surface area contributed by atoms with Crippen LogP contribution in [0.2, 0.25) is 0 Å². The summed E-state index contributed by atoms with van der Waals surface area (Å²) >= 11 is 5.19. The number of thiocarbonyl (C=S) groups is 1. The quantitative estimate of drug-likeness (QED) is 0.368. The van der Waals surface area contributed by atoms with E-state index >= 15 is 0 Å². The van der Waals surface area contributed by atoms with E-state index in [2.05, 4.69) is 17.6 Å². The average Bonchev–Trinajstić information content (AvgIpc) is 2.76. The lowest BCUT2D eigenvalue weighted by atomic mass is 10.2. The van der Waals surface area contributed by atoms with Crippen LogP contribution in [-0.4, -0.2) is 44.4 Å². The number of nitrogens with one attached hydrogen (secondary N) is 2. The highest BCUT2D eigenvalue weighted by molar-refractivity contribution is 7.89. The van der Waals surface area contributed by atoms with Gasteiger partial charge in [-0.3, -0.25) is 10.1 Å². The lowest BCUT2D eigenvalue weighted by Crippen LogP contribution is -2.34. The van der Waals surface area contributed by atoms with Crippen molar-refractivity contribution in [1.29, 1.82) is 0 Å². The maximum Gasteiger partial charge on any atom is 0.257 e. The minimum Gasteiger partial charge on any atom is -0.494 e. The SMILES string of the molecule is CCCCCCCOc1ccc(C(=O)NC(=S)Nc2ccc(S(=O)(=O)N(C)C)cc2)cc1. The molecular formula is C23H31N3O4S2. The number of amides is 1. The van der Waals surface area contributed by atoms with Crippen molar-refractivity contribution in [1.82, 2.24) is 9.62 Å². The van der Waals surface area contributed by atoms with E-state index in [1.54, 1.807) is 36.4 Å². The summed E-state index contributed by atoms with van der Waals surface area (Å²) in [6.45, 7) is 2.85. The van der Waals surface area contributed by atoms with E-state index in [1.165, 1.54) is 45.5 Å². The fourth-order valence-electron chi connectivity index (χ4n) is 2.86. The van der Waals surface area contributed by atoms with Gasteiger partial charge in [-0.25, -0.2) is 12.7 Å². The molecule has 0 aromatic heterocycles. The van der Waals surface area contributed by atoms with Crippen LogP contribution in [-0.2, 0) is 10.0 Å². The van der Waals surface area contributed by atoms with E-state index in [4.69, 9.17) is 17.0 Å². The van der Waals surface area contributed by atoms with E-state index in [1.807, 2.05) is 0 Å². The van der Waals surface area contributed by atoms with E-state index in [-0.39, 0.29) is 15.9 Å². The van der Waals surface area contributed by atoms with Crippen molar-refractivity contribution < 1.29 is 17.9 Å². The van der Waals surface area contributed by atoms with E-state index in [0.717, 1.165) is 22.9 Å². The zero-order valence-electron chi connectivity index (χ0n) is 18.8. The highest BCUT2D eigenvalue weighted by atomic mass is 32.2. The zero-order chi connectivity index (χ0) is 23.6. The molecule has 0 aliphatic carbocycles. The molecule has 0 unspecified atom stereocenters. The van der Waals surface area contributed by atoms with Gasteiger partial charge in [-0.1, -0.05) is 32.6 Å². The topological polar surface area (TPSA) is 87.7 Å². The van der Waals surface area contributed by atoms with Crippen LogP contribution in [0.15, 0.2) is 53.4 Å². The van der Waals surface area contributed by atoms with Gasteiger partial charge in [0.05, 0.1) is 11.5 Å². The maximum absolute atomic E-state index is 12.4. The van der Waals surface area contributed by atoms with Gasteiger partial charge in [-0.05, 0) is 67.2 Å². The van der Waals surface area contributed by atoms with Crippen molar-refractivity contribution in [2.75, 3.05) is 26.0 Å². The van der Waals surface area contributed by atoms with Crippen LogP contribution >= 0.6 is 12.2 Å². The molecule has 32 heavy (non-hydrogen) atoms. The standard InChI is InChI=1S/C23H31N3O4S2/c1-4-5-6-7-8-17-30-20-13-9-18(10-14-20)22(27)25-23(31)24-19-11-15-21(16-12-19)32(28,29)26(2)3/h9-16H,4-8,17H2,1-3H3,(H2,24,25,27,31). The number of ether oxygens (including phenoxy) is 1. The van der Waals surface area contributed by atoms with Gasteiger partial charge >= 0.3 is 0 Å². The molecule has 1 amide bonds. The van der Waals surface area contributed by atoms with Gasteiger partial charge in [0.1, 0.15) is 5.75 Å². The molecule has 0 atom stereocenters. The third-order valence-corrected chi connectivity index (χ3v) is 6.78. The van der Waals surface area contributed by atoms with Crippen molar-refractivity contribution in [3.63, 3.8) is 0 Å². The predicted octanol–water partition coefficient (Wildman–Crippen LogP) is 4.41. The number of rotatable bonds is 11. The molecular weight excluding hydrogens is 446 g/mol. The number of hydrogen-bond acceptors (Lipinski definition) is 5. The largest absolute Gasteiger partial charge is 0.494 e. The monoisotopic (exact) mass is 477 g/mol. The normalized spacial score (nSPS) is 11.2. The van der Waals surface area contributed by atoms with Gasteiger partial charge in [-0.2, -0.15) is 0 Å². The third kappa shape index (κ3) is 7.89. The van der Waals surface area contributed by atoms with E-state index < -0.39 is 10.0 Å². The molecule has 0 heterocycles. The molecule has 0 aliphatic heterocycles. The minimum absolute atomic E-state index is 0.116. The first-order valence-electron chi connectivity index (χ1n) is 10.6. The van der Waals surface area contributed by atoms with Gasteiger partial charge in [0.15, 0.2) is 5.11 Å². The summed E-state index contributed by atoms with van der Waals surface area (Å²) in [5.74, 6) is 0.380. The summed E-state index contributed by atoms with van der Waals surface area (Å²) in [4.78, 5) is 12.6. The van der Waals surface area contributed by atoms with Crippen molar-refractivity contribution in [3.8, 4) is 5.75 Å². The molecule has 7 nitrogen and oxygen atoms in total. The summed E-state index contributed by atoms with van der Waals surface area (Å²) in [5, 5.41) is 5.61. The van der Waals surface area contributed by atoms with E-state index in [0.29, 0.717) is 17.9 Å². The Labute approximate surface area is 196 Å². The van der Waals surface area contributed by atoms with Gasteiger partial charge < -0.3 is 10.1 Å². The number of hydrogen-bond donors (Lipinski definition) is 2. The molecule has 0 bridgehead atoms. The molecule has 0 spiro atoms. The van der Waals surface area contributed by atoms with Crippen LogP contribution in [0.4, 0.5) is 5.69 Å². The summed E-state index contributed by atoms with van der Waals surface area (Å²) in [6.07, 6.45) is 5.88. The molecule has 0 saturated heterocycles. The lowest BCUT2D eigenvalue weighted by molar-refractivity contribution is 0.0977. The Morgan fingerprint density at radius 3 is 2.19 bits per heavy atom. The van der Waals surface area contributed by atoms with Crippen LogP contribution in [0.1, 0.15) is 49.4 Å². The fourth-order valence-corrected chi connectivity index (χ4v) is 3.97. The van der Waals surface area contributed by atoms with Crippen molar-refractivity contribution >= 4 is 38.9 Å². The first-order valence-corrected chi connectivity index (χ1v) is 12.5. The summed E-state index contributed by atoms with van der Waals surface area (Å²) < 4.78 is 31.1. The van der Waals surface area contributed by atoms with Crippen LogP contribution < -0.4 is 15.4 Å². The van der Waals surface area contributed by atoms with Crippen LogP contribution in [0.25, 0.3) is 0 Å². The van der Waals surface area contributed by atoms with Gasteiger partial charge in [-0.15, -0.1) is 0 Å². The minimum atomic E-state index is -3.50. The second-order valence-electron chi connectivity index (χ2n) is 7.51. The predicted molar refractivity (Wildman–Crippen MR) is 132 cm³/mol. The Morgan fingerprint density at radius 1 is 0.969 bits per heavy atom. The summed E-state index contributed by atoms with van der Waals surface area (Å²) in [7, 11) is -0.556. The first kappa shape index (κ1) is 25.8. The fraction of sp³-hybridized carbons (Fsp3) is 0.391. The van der Waals surface area contributed by atoms with Gasteiger partial charge in [0, 0.05) is 25.3 Å². The Bertz CT molecular complexity index is 989. The Hall–Kier alpha value is -2.49. The molecule has 0 radical (unpaired) electrons. The van der Waals surface area contributed by atoms with Crippen molar-refractivity contribution in [3.05, 3.63) is 54.1 Å². The van der Waals surface area contributed by atoms with Crippen LogP contribution in [0.5, 0.6) is 5.75 Å². The number of carbonyl (C=O) groups is 1. The molecule has 0 saturated carbocycles. The molecule has 174 valence electrons. The van der Waals surface area contributed by atoms with Gasteiger partial charge in [0.25, 0.3) is 5.91 Å². The zero-order valence-corrected chi connectivity index (χ0v) is 20.4. The first-order chi connectivity index (χ1) is 15.2. The smallest absolute Gasteiger partial charge is 0.257 e. The number of anilines is 1. The number of nitrogens with zero attached hydrogens (tertiary/aromatic N) is 1. The number of sulfonamides is 1. The van der Waals surface area contributed by atoms with E-state index in [9.17, 15) is 13.2 Å². The maximum atomic E-state index is 12.4. The second-order valence-corrected chi connectivity index (χ2v) is 10.1. The Morgan fingerprint density at radius 2 is 1.59 bits per heavy atom. The molecule has 2 rings (SSSR count). The number of unbranched alkanes of at least 4 members (excludes halogenated alkanes) is 4. The van der Waals surface area contributed by atoms with Crippen LogP contribution in [0.3, 0.4) is 0 Å². The van der Waals surface area contributed by atoms with Crippen molar-refractivity contribution in [2.24, 2.45) is 0 Å². The summed E-state index contributed by atoms with van der Waals surface area (Å²) in [6, 6.07) is 13.0. The Kier molecular flexibility index (Phi) is 10.1. The highest BCUT2D eigenvalue weighted by Gasteiger charge is 2.16. The second kappa shape index (κ2) is 12.5. The molecule has 0 aliphatic rings. The van der Waals surface area contributed by atoms with Gasteiger partial charge in [0.2, 0.25) is 10.0 Å². The molecule has 2 aromatic rings. The molecule has 9 heteroatoms.